The van der Waals surface area contributed by atoms with Crippen molar-refractivity contribution in [2.45, 2.75) is 117 Å². The normalized spacial score (nSPS) is 18.6. The summed E-state index contributed by atoms with van der Waals surface area (Å²) in [6, 6.07) is 8.24. The number of hydrogen-bond donors (Lipinski definition) is 2. The van der Waals surface area contributed by atoms with Gasteiger partial charge in [-0.25, -0.2) is 0 Å². The van der Waals surface area contributed by atoms with Crippen LogP contribution in [0.4, 0.5) is 0 Å². The van der Waals surface area contributed by atoms with Crippen molar-refractivity contribution in [2.75, 3.05) is 48.5 Å². The smallest absolute Gasteiger partial charge is 0.245 e. The molecule has 12 nitrogen and oxygen atoms in total. The van der Waals surface area contributed by atoms with Gasteiger partial charge in [-0.3, -0.25) is 29.1 Å². The summed E-state index contributed by atoms with van der Waals surface area (Å²) in [6.07, 6.45) is 3.71. The van der Waals surface area contributed by atoms with E-state index >= 15 is 0 Å². The molecule has 0 aliphatic carbocycles. The maximum atomic E-state index is 14.2. The van der Waals surface area contributed by atoms with Crippen LogP contribution in [0.2, 0.25) is 0 Å². The molecule has 1 fully saturated rings. The fourth-order valence-corrected chi connectivity index (χ4v) is 8.18. The Morgan fingerprint density at radius 1 is 0.963 bits per heavy atom. The SMILES string of the molecule is CC[C@H](C)C([C@@H](CC(=O)N1CCC[C@H]1[C@H](OC)[C@@H](C)C(=O)NCCc1ccc2ncccc2c1)OC)N(C)C(=O)[C@@H](NC(=O)[C@H](C(C)C)N(C)C)C(C)C. The summed E-state index contributed by atoms with van der Waals surface area (Å²) in [5.74, 6) is -1.21. The largest absolute Gasteiger partial charge is 0.379 e. The standard InChI is InChI=1S/C42H68N6O6/c1-13-28(6)38(47(10)42(52)36(26(2)3)45-41(51)37(27(4)5)46(8)9)34(53-11)25-35(49)48-23-15-17-33(48)39(54-12)29(7)40(50)44-22-20-30-18-19-32-31(24-30)16-14-21-43-32/h14,16,18-19,21,24,26-29,33-34,36-39H,13,15,17,20,22-23,25H2,1-12H3,(H,44,50)(H,45,51)/t28-,29+,33-,34+,36-,37-,38?,39+/m0/s1. The van der Waals surface area contributed by atoms with Gasteiger partial charge < -0.3 is 29.9 Å². The molecular weight excluding hydrogens is 684 g/mol. The number of carbonyl (C=O) groups excluding carboxylic acids is 4. The molecule has 1 saturated heterocycles. The van der Waals surface area contributed by atoms with Gasteiger partial charge >= 0.3 is 0 Å². The zero-order valence-electron chi connectivity index (χ0n) is 34.9. The first-order valence-corrected chi connectivity index (χ1v) is 19.8. The Hall–Kier alpha value is -3.61. The van der Waals surface area contributed by atoms with E-state index in [0.717, 1.165) is 35.7 Å². The van der Waals surface area contributed by atoms with E-state index in [1.54, 1.807) is 32.4 Å². The molecule has 0 radical (unpaired) electrons. The highest BCUT2D eigenvalue weighted by molar-refractivity contribution is 5.90. The highest BCUT2D eigenvalue weighted by Crippen LogP contribution is 2.30. The molecule has 3 rings (SSSR count). The molecule has 8 atom stereocenters. The molecule has 1 aliphatic heterocycles. The number of fused-ring (bicyclic) bond motifs is 1. The van der Waals surface area contributed by atoms with Crippen molar-refractivity contribution in [1.82, 2.24) is 30.3 Å². The Bertz CT molecular complexity index is 1530. The Balaban J connectivity index is 1.71. The summed E-state index contributed by atoms with van der Waals surface area (Å²) in [5, 5.41) is 7.19. The van der Waals surface area contributed by atoms with Crippen LogP contribution >= 0.6 is 0 Å². The Kier molecular flexibility index (Phi) is 17.3. The topological polar surface area (TPSA) is 133 Å². The van der Waals surface area contributed by atoms with E-state index < -0.39 is 30.2 Å². The number of aromatic nitrogens is 1. The van der Waals surface area contributed by atoms with E-state index in [4.69, 9.17) is 9.47 Å². The molecule has 2 heterocycles. The van der Waals surface area contributed by atoms with E-state index in [9.17, 15) is 19.2 Å². The summed E-state index contributed by atoms with van der Waals surface area (Å²) in [7, 11) is 8.66. The third kappa shape index (κ3) is 11.2. The highest BCUT2D eigenvalue weighted by atomic mass is 16.5. The van der Waals surface area contributed by atoms with Crippen molar-refractivity contribution in [1.29, 1.82) is 0 Å². The molecule has 1 aliphatic rings. The number of nitrogens with one attached hydrogen (secondary N) is 2. The van der Waals surface area contributed by atoms with Gasteiger partial charge in [0, 0.05) is 45.9 Å². The monoisotopic (exact) mass is 753 g/mol. The average molecular weight is 753 g/mol. The molecule has 1 unspecified atom stereocenters. The van der Waals surface area contributed by atoms with Crippen molar-refractivity contribution < 1.29 is 28.7 Å². The van der Waals surface area contributed by atoms with Gasteiger partial charge in [-0.1, -0.05) is 67.0 Å². The second-order valence-electron chi connectivity index (χ2n) is 16.0. The van der Waals surface area contributed by atoms with Crippen LogP contribution in [0, 0.1) is 23.7 Å². The van der Waals surface area contributed by atoms with Crippen molar-refractivity contribution >= 4 is 34.5 Å². The van der Waals surface area contributed by atoms with Crippen LogP contribution in [-0.2, 0) is 35.1 Å². The van der Waals surface area contributed by atoms with Crippen molar-refractivity contribution in [3.05, 3.63) is 42.1 Å². The molecular formula is C42H68N6O6. The number of amides is 4. The molecule has 2 aromatic rings. The van der Waals surface area contributed by atoms with Crippen LogP contribution in [0.3, 0.4) is 0 Å². The number of ether oxygens (including phenoxy) is 2. The maximum absolute atomic E-state index is 14.2. The van der Waals surface area contributed by atoms with Crippen LogP contribution in [0.25, 0.3) is 10.9 Å². The second-order valence-corrected chi connectivity index (χ2v) is 16.0. The van der Waals surface area contributed by atoms with Gasteiger partial charge in [-0.2, -0.15) is 0 Å². The molecule has 302 valence electrons. The third-order valence-corrected chi connectivity index (χ3v) is 11.3. The van der Waals surface area contributed by atoms with Crippen LogP contribution in [-0.4, -0.2) is 128 Å². The molecule has 0 saturated carbocycles. The molecule has 4 amide bonds. The van der Waals surface area contributed by atoms with E-state index in [1.807, 2.05) is 82.8 Å². The van der Waals surface area contributed by atoms with Gasteiger partial charge in [0.1, 0.15) is 6.04 Å². The maximum Gasteiger partial charge on any atom is 0.245 e. The minimum atomic E-state index is -0.744. The van der Waals surface area contributed by atoms with Crippen LogP contribution in [0.1, 0.15) is 79.7 Å². The first-order valence-electron chi connectivity index (χ1n) is 19.8. The van der Waals surface area contributed by atoms with Crippen molar-refractivity contribution in [3.8, 4) is 0 Å². The fourth-order valence-electron chi connectivity index (χ4n) is 8.18. The Morgan fingerprint density at radius 3 is 2.26 bits per heavy atom. The Morgan fingerprint density at radius 2 is 1.67 bits per heavy atom. The number of rotatable bonds is 20. The van der Waals surface area contributed by atoms with Crippen LogP contribution in [0.15, 0.2) is 36.5 Å². The van der Waals surface area contributed by atoms with Gasteiger partial charge in [0.15, 0.2) is 0 Å². The summed E-state index contributed by atoms with van der Waals surface area (Å²) in [5.41, 5.74) is 2.05. The highest BCUT2D eigenvalue weighted by Gasteiger charge is 2.43. The molecule has 1 aromatic heterocycles. The van der Waals surface area contributed by atoms with Crippen molar-refractivity contribution in [2.24, 2.45) is 23.7 Å². The lowest BCUT2D eigenvalue weighted by Gasteiger charge is -2.41. The molecule has 2 N–H and O–H groups in total. The number of nitrogens with zero attached hydrogens (tertiary/aromatic N) is 4. The molecule has 54 heavy (non-hydrogen) atoms. The van der Waals surface area contributed by atoms with Gasteiger partial charge in [0.05, 0.1) is 48.2 Å². The summed E-state index contributed by atoms with van der Waals surface area (Å²) < 4.78 is 12.0. The van der Waals surface area contributed by atoms with Gasteiger partial charge in [-0.05, 0) is 74.9 Å². The number of likely N-dealkylation sites (tertiary alicyclic amines) is 1. The van der Waals surface area contributed by atoms with E-state index in [2.05, 4.69) is 35.5 Å². The average Bonchev–Trinajstić information content (AvgIpc) is 3.62. The first-order chi connectivity index (χ1) is 25.6. The third-order valence-electron chi connectivity index (χ3n) is 11.3. The number of hydrogen-bond acceptors (Lipinski definition) is 8. The Labute approximate surface area is 324 Å². The van der Waals surface area contributed by atoms with Crippen LogP contribution in [0.5, 0.6) is 0 Å². The quantitative estimate of drug-likeness (QED) is 0.202. The predicted octanol–water partition coefficient (Wildman–Crippen LogP) is 4.54. The predicted molar refractivity (Wildman–Crippen MR) is 214 cm³/mol. The first kappa shape index (κ1) is 44.8. The van der Waals surface area contributed by atoms with E-state index in [0.29, 0.717) is 19.5 Å². The van der Waals surface area contributed by atoms with E-state index in [1.165, 1.54) is 0 Å². The minimum Gasteiger partial charge on any atom is -0.379 e. The lowest BCUT2D eigenvalue weighted by molar-refractivity contribution is -0.148. The summed E-state index contributed by atoms with van der Waals surface area (Å²) >= 11 is 0. The van der Waals surface area contributed by atoms with Gasteiger partial charge in [0.25, 0.3) is 0 Å². The number of methoxy groups -OCH3 is 2. The molecule has 0 bridgehead atoms. The van der Waals surface area contributed by atoms with E-state index in [-0.39, 0.29) is 59.9 Å². The fraction of sp³-hybridized carbons (Fsp3) is 0.690. The zero-order valence-corrected chi connectivity index (χ0v) is 34.9. The van der Waals surface area contributed by atoms with Crippen molar-refractivity contribution in [3.63, 3.8) is 0 Å². The number of pyridine rings is 1. The second kappa shape index (κ2) is 20.9. The van der Waals surface area contributed by atoms with Gasteiger partial charge in [0.2, 0.25) is 23.6 Å². The zero-order chi connectivity index (χ0) is 40.3. The lowest BCUT2D eigenvalue weighted by atomic mass is 9.89. The molecule has 0 spiro atoms. The van der Waals surface area contributed by atoms with Gasteiger partial charge in [-0.15, -0.1) is 0 Å². The summed E-state index contributed by atoms with van der Waals surface area (Å²) in [6.45, 7) is 14.8. The number of likely N-dealkylation sites (N-methyl/N-ethyl adjacent to an activating group) is 2. The number of carbonyl (C=O) groups is 4. The number of benzene rings is 1. The lowest BCUT2D eigenvalue weighted by Crippen LogP contribution is -2.59. The van der Waals surface area contributed by atoms with Crippen LogP contribution < -0.4 is 10.6 Å². The molecule has 1 aromatic carbocycles. The summed E-state index contributed by atoms with van der Waals surface area (Å²) in [4.78, 5) is 65.0. The molecule has 12 heteroatoms. The minimum absolute atomic E-state index is 0.00138.